The van der Waals surface area contributed by atoms with Crippen LogP contribution in [0.4, 0.5) is 5.95 Å². The van der Waals surface area contributed by atoms with E-state index in [0.29, 0.717) is 36.6 Å². The van der Waals surface area contributed by atoms with Gasteiger partial charge in [-0.2, -0.15) is 4.98 Å². The van der Waals surface area contributed by atoms with Gasteiger partial charge in [-0.25, -0.2) is 4.79 Å². The Bertz CT molecular complexity index is 1310. The van der Waals surface area contributed by atoms with Crippen LogP contribution in [0.3, 0.4) is 0 Å². The maximum Gasteiger partial charge on any atom is 0.332 e. The van der Waals surface area contributed by atoms with Gasteiger partial charge >= 0.3 is 5.69 Å². The lowest BCUT2D eigenvalue weighted by atomic mass is 10.1. The zero-order valence-electron chi connectivity index (χ0n) is 19.5. The van der Waals surface area contributed by atoms with Crippen molar-refractivity contribution in [1.82, 2.24) is 18.7 Å². The number of fused-ring (bicyclic) bond motifs is 1. The second-order valence-electron chi connectivity index (χ2n) is 9.04. The quantitative estimate of drug-likeness (QED) is 0.551. The molecule has 1 atom stereocenters. The van der Waals surface area contributed by atoms with Crippen molar-refractivity contribution in [2.24, 2.45) is 12.8 Å². The Hall–Kier alpha value is -3.33. The van der Waals surface area contributed by atoms with E-state index in [-0.39, 0.29) is 23.9 Å². The summed E-state index contributed by atoms with van der Waals surface area (Å²) in [6.45, 7) is 6.20. The number of hydrogen-bond acceptors (Lipinski definition) is 6. The highest BCUT2D eigenvalue weighted by atomic mass is 16.3. The number of nitrogens with zero attached hydrogens (tertiary/aromatic N) is 5. The lowest BCUT2D eigenvalue weighted by Gasteiger charge is -2.31. The van der Waals surface area contributed by atoms with E-state index in [1.165, 1.54) is 9.13 Å². The van der Waals surface area contributed by atoms with Gasteiger partial charge in [0, 0.05) is 39.3 Å². The molecule has 1 saturated heterocycles. The summed E-state index contributed by atoms with van der Waals surface area (Å²) in [6.07, 6.45) is 4.42. The minimum Gasteiger partial charge on any atom is -0.508 e. The van der Waals surface area contributed by atoms with Crippen LogP contribution in [0.2, 0.25) is 0 Å². The first-order chi connectivity index (χ1) is 15.8. The van der Waals surface area contributed by atoms with E-state index in [2.05, 4.69) is 11.0 Å². The summed E-state index contributed by atoms with van der Waals surface area (Å²) < 4.78 is 4.62. The number of piperidine rings is 1. The molecule has 0 amide bonds. The molecule has 2 aromatic heterocycles. The van der Waals surface area contributed by atoms with Gasteiger partial charge in [0.2, 0.25) is 5.95 Å². The van der Waals surface area contributed by atoms with E-state index >= 15 is 0 Å². The van der Waals surface area contributed by atoms with Crippen LogP contribution in [0.5, 0.6) is 5.75 Å². The lowest BCUT2D eigenvalue weighted by Crippen LogP contribution is -2.44. The van der Waals surface area contributed by atoms with E-state index < -0.39 is 5.69 Å². The zero-order valence-corrected chi connectivity index (χ0v) is 19.5. The third kappa shape index (κ3) is 4.59. The molecule has 0 bridgehead atoms. The molecule has 4 rings (SSSR count). The summed E-state index contributed by atoms with van der Waals surface area (Å²) in [5.74, 6) is 0.836. The van der Waals surface area contributed by atoms with Gasteiger partial charge < -0.3 is 20.3 Å². The van der Waals surface area contributed by atoms with Crippen LogP contribution in [-0.2, 0) is 26.6 Å². The van der Waals surface area contributed by atoms with E-state index in [0.717, 1.165) is 30.5 Å². The summed E-state index contributed by atoms with van der Waals surface area (Å²) in [6, 6.07) is 6.91. The van der Waals surface area contributed by atoms with E-state index in [4.69, 9.17) is 10.7 Å². The van der Waals surface area contributed by atoms with Gasteiger partial charge in [0.25, 0.3) is 5.56 Å². The number of aromatic nitrogens is 4. The molecule has 176 valence electrons. The molecule has 1 aliphatic heterocycles. The molecule has 0 aliphatic carbocycles. The van der Waals surface area contributed by atoms with Crippen molar-refractivity contribution >= 4 is 17.1 Å². The third-order valence-electron chi connectivity index (χ3n) is 6.17. The molecule has 0 saturated carbocycles. The van der Waals surface area contributed by atoms with Gasteiger partial charge in [0.05, 0.1) is 0 Å². The molecular formula is C24H32N6O3. The molecule has 9 heteroatoms. The van der Waals surface area contributed by atoms with Crippen LogP contribution in [0.15, 0.2) is 45.5 Å². The van der Waals surface area contributed by atoms with Crippen LogP contribution >= 0.6 is 0 Å². The van der Waals surface area contributed by atoms with Gasteiger partial charge in [-0.05, 0) is 50.8 Å². The van der Waals surface area contributed by atoms with Crippen molar-refractivity contribution in [3.05, 3.63) is 62.3 Å². The monoisotopic (exact) mass is 452 g/mol. The minimum absolute atomic E-state index is 0.0539. The van der Waals surface area contributed by atoms with Gasteiger partial charge in [0.1, 0.15) is 5.75 Å². The van der Waals surface area contributed by atoms with E-state index in [9.17, 15) is 14.7 Å². The number of benzene rings is 1. The summed E-state index contributed by atoms with van der Waals surface area (Å²) in [4.78, 5) is 33.6. The average molecular weight is 453 g/mol. The molecule has 3 heterocycles. The molecular weight excluding hydrogens is 420 g/mol. The van der Waals surface area contributed by atoms with Gasteiger partial charge in [0.15, 0.2) is 11.2 Å². The minimum atomic E-state index is -0.401. The summed E-state index contributed by atoms with van der Waals surface area (Å²) >= 11 is 0. The largest absolute Gasteiger partial charge is 0.508 e. The Kier molecular flexibility index (Phi) is 6.42. The third-order valence-corrected chi connectivity index (χ3v) is 6.17. The first-order valence-electron chi connectivity index (χ1n) is 11.4. The van der Waals surface area contributed by atoms with Crippen molar-refractivity contribution in [1.29, 1.82) is 0 Å². The predicted molar refractivity (Wildman–Crippen MR) is 130 cm³/mol. The van der Waals surface area contributed by atoms with Crippen LogP contribution in [0, 0.1) is 0 Å². The van der Waals surface area contributed by atoms with Crippen molar-refractivity contribution in [3.63, 3.8) is 0 Å². The molecule has 1 fully saturated rings. The van der Waals surface area contributed by atoms with Gasteiger partial charge in [-0.1, -0.05) is 23.8 Å². The standard InChI is InChI=1S/C24H32N6O3/c1-16(2)9-12-29-20-21(26-23(29)28-11-5-7-18(25)15-28)27(3)24(33)30(22(20)32)13-10-17-6-4-8-19(31)14-17/h4,6,8-9,14,18,31H,5,7,10-13,15,25H2,1-3H3. The molecule has 9 nitrogen and oxygen atoms in total. The zero-order chi connectivity index (χ0) is 23.7. The molecule has 0 spiro atoms. The number of rotatable bonds is 6. The highest BCUT2D eigenvalue weighted by molar-refractivity contribution is 5.74. The van der Waals surface area contributed by atoms with Crippen molar-refractivity contribution in [2.75, 3.05) is 18.0 Å². The molecule has 3 N–H and O–H groups in total. The molecule has 33 heavy (non-hydrogen) atoms. The normalized spacial score (nSPS) is 16.4. The van der Waals surface area contributed by atoms with Crippen molar-refractivity contribution < 1.29 is 5.11 Å². The second kappa shape index (κ2) is 9.27. The van der Waals surface area contributed by atoms with Crippen LogP contribution in [0.25, 0.3) is 11.2 Å². The smallest absolute Gasteiger partial charge is 0.332 e. The lowest BCUT2D eigenvalue weighted by molar-refractivity contribution is 0.474. The Morgan fingerprint density at radius 1 is 1.27 bits per heavy atom. The summed E-state index contributed by atoms with van der Waals surface area (Å²) in [5.41, 5.74) is 8.24. The van der Waals surface area contributed by atoms with E-state index in [1.807, 2.05) is 24.5 Å². The second-order valence-corrected chi connectivity index (χ2v) is 9.04. The number of allylic oxidation sites excluding steroid dienone is 2. The van der Waals surface area contributed by atoms with Crippen LogP contribution < -0.4 is 21.9 Å². The predicted octanol–water partition coefficient (Wildman–Crippen LogP) is 1.74. The maximum atomic E-state index is 13.6. The Balaban J connectivity index is 1.84. The topological polar surface area (TPSA) is 111 Å². The summed E-state index contributed by atoms with van der Waals surface area (Å²) in [5, 5.41) is 9.73. The maximum absolute atomic E-state index is 13.6. The molecule has 1 unspecified atom stereocenters. The summed E-state index contributed by atoms with van der Waals surface area (Å²) in [7, 11) is 1.65. The fourth-order valence-corrected chi connectivity index (χ4v) is 4.39. The molecule has 1 aromatic carbocycles. The average Bonchev–Trinajstić information content (AvgIpc) is 3.16. The number of anilines is 1. The highest BCUT2D eigenvalue weighted by Crippen LogP contribution is 2.23. The fraction of sp³-hybridized carbons (Fsp3) is 0.458. The fourth-order valence-electron chi connectivity index (χ4n) is 4.39. The van der Waals surface area contributed by atoms with Crippen molar-refractivity contribution in [3.8, 4) is 5.75 Å². The SMILES string of the molecule is CC(C)=CCn1c(N2CCCC(N)C2)nc2c1c(=O)n(CCc1cccc(O)c1)c(=O)n2C. The van der Waals surface area contributed by atoms with Gasteiger partial charge in [-0.15, -0.1) is 0 Å². The molecule has 0 radical (unpaired) electrons. The first kappa shape index (κ1) is 22.8. The number of aryl methyl sites for hydroxylation is 2. The Morgan fingerprint density at radius 3 is 2.76 bits per heavy atom. The van der Waals surface area contributed by atoms with Gasteiger partial charge in [-0.3, -0.25) is 13.9 Å². The molecule has 3 aromatic rings. The number of imidazole rings is 1. The van der Waals surface area contributed by atoms with Crippen LogP contribution in [-0.4, -0.2) is 42.9 Å². The number of hydrogen-bond donors (Lipinski definition) is 2. The highest BCUT2D eigenvalue weighted by Gasteiger charge is 2.26. The Morgan fingerprint density at radius 2 is 2.06 bits per heavy atom. The van der Waals surface area contributed by atoms with Crippen LogP contribution in [0.1, 0.15) is 32.3 Å². The number of phenolic OH excluding ortho intramolecular Hbond substituents is 1. The first-order valence-corrected chi connectivity index (χ1v) is 11.4. The van der Waals surface area contributed by atoms with Crippen molar-refractivity contribution in [2.45, 2.75) is 52.2 Å². The Labute approximate surface area is 192 Å². The van der Waals surface area contributed by atoms with E-state index in [1.54, 1.807) is 25.2 Å². The number of phenols is 1. The molecule has 1 aliphatic rings. The number of aromatic hydroxyl groups is 1. The number of nitrogens with two attached hydrogens (primary N) is 1.